The summed E-state index contributed by atoms with van der Waals surface area (Å²) in [6.45, 7) is 3.90. The first-order chi connectivity index (χ1) is 7.10. The van der Waals surface area contributed by atoms with Gasteiger partial charge in [0.2, 0.25) is 0 Å². The fourth-order valence-corrected chi connectivity index (χ4v) is 2.30. The van der Waals surface area contributed by atoms with Crippen molar-refractivity contribution in [2.45, 2.75) is 33.1 Å². The smallest absolute Gasteiger partial charge is 0.313 e. The lowest BCUT2D eigenvalue weighted by Gasteiger charge is -2.28. The van der Waals surface area contributed by atoms with E-state index in [0.717, 1.165) is 18.4 Å². The minimum Gasteiger partial charge on any atom is -0.469 e. The number of hydrogen-bond donors (Lipinski definition) is 0. The number of allylic oxidation sites excluding steroid dienone is 1. The zero-order chi connectivity index (χ0) is 11.4. The van der Waals surface area contributed by atoms with Gasteiger partial charge in [-0.05, 0) is 25.3 Å². The standard InChI is InChI=1S/C12H18O3/c1-4-5-9-7-10(13)6-8(2)11(9)12(14)15-3/h6,9,11H,4-5,7H2,1-3H3. The van der Waals surface area contributed by atoms with Crippen LogP contribution in [0.1, 0.15) is 33.1 Å². The highest BCUT2D eigenvalue weighted by atomic mass is 16.5. The van der Waals surface area contributed by atoms with E-state index in [1.165, 1.54) is 7.11 Å². The zero-order valence-electron chi connectivity index (χ0n) is 9.58. The van der Waals surface area contributed by atoms with Gasteiger partial charge in [0.25, 0.3) is 0 Å². The maximum atomic E-state index is 11.6. The van der Waals surface area contributed by atoms with Crippen molar-refractivity contribution in [1.29, 1.82) is 0 Å². The Morgan fingerprint density at radius 2 is 2.27 bits per heavy atom. The van der Waals surface area contributed by atoms with Gasteiger partial charge in [0.15, 0.2) is 5.78 Å². The summed E-state index contributed by atoms with van der Waals surface area (Å²) in [6, 6.07) is 0. The van der Waals surface area contributed by atoms with Crippen LogP contribution in [0.2, 0.25) is 0 Å². The zero-order valence-corrected chi connectivity index (χ0v) is 9.58. The van der Waals surface area contributed by atoms with Crippen LogP contribution in [-0.4, -0.2) is 18.9 Å². The fraction of sp³-hybridized carbons (Fsp3) is 0.667. The molecule has 0 N–H and O–H groups in total. The first-order valence-electron chi connectivity index (χ1n) is 5.39. The van der Waals surface area contributed by atoms with Gasteiger partial charge in [-0.25, -0.2) is 0 Å². The Hall–Kier alpha value is -1.12. The summed E-state index contributed by atoms with van der Waals surface area (Å²) in [5.74, 6) is -0.173. The molecule has 0 bridgehead atoms. The molecule has 0 amide bonds. The number of ketones is 1. The van der Waals surface area contributed by atoms with Crippen molar-refractivity contribution in [3.05, 3.63) is 11.6 Å². The van der Waals surface area contributed by atoms with Crippen molar-refractivity contribution in [1.82, 2.24) is 0 Å². The number of ether oxygens (including phenoxy) is 1. The molecule has 1 aliphatic carbocycles. The molecule has 1 aliphatic rings. The lowest BCUT2D eigenvalue weighted by Crippen LogP contribution is -2.31. The second kappa shape index (κ2) is 5.10. The first-order valence-corrected chi connectivity index (χ1v) is 5.39. The Morgan fingerprint density at radius 1 is 1.60 bits per heavy atom. The van der Waals surface area contributed by atoms with Gasteiger partial charge in [0.1, 0.15) is 0 Å². The summed E-state index contributed by atoms with van der Waals surface area (Å²) >= 11 is 0. The number of rotatable bonds is 3. The summed E-state index contributed by atoms with van der Waals surface area (Å²) < 4.78 is 4.78. The maximum absolute atomic E-state index is 11.6. The van der Waals surface area contributed by atoms with E-state index in [1.54, 1.807) is 6.08 Å². The first kappa shape index (κ1) is 12.0. The van der Waals surface area contributed by atoms with Gasteiger partial charge < -0.3 is 4.74 Å². The Morgan fingerprint density at radius 3 is 2.80 bits per heavy atom. The number of carbonyl (C=O) groups excluding carboxylic acids is 2. The van der Waals surface area contributed by atoms with Crippen LogP contribution >= 0.6 is 0 Å². The average Bonchev–Trinajstić information content (AvgIpc) is 2.16. The van der Waals surface area contributed by atoms with E-state index in [1.807, 2.05) is 6.92 Å². The monoisotopic (exact) mass is 210 g/mol. The molecule has 3 nitrogen and oxygen atoms in total. The molecule has 0 saturated heterocycles. The van der Waals surface area contributed by atoms with Crippen molar-refractivity contribution in [3.8, 4) is 0 Å². The van der Waals surface area contributed by atoms with Crippen molar-refractivity contribution in [3.63, 3.8) is 0 Å². The minimum atomic E-state index is -0.215. The minimum absolute atomic E-state index is 0.125. The summed E-state index contributed by atoms with van der Waals surface area (Å²) in [7, 11) is 1.40. The second-order valence-electron chi connectivity index (χ2n) is 4.11. The van der Waals surface area contributed by atoms with E-state index in [-0.39, 0.29) is 23.6 Å². The van der Waals surface area contributed by atoms with E-state index in [2.05, 4.69) is 6.92 Å². The van der Waals surface area contributed by atoms with Gasteiger partial charge in [-0.3, -0.25) is 9.59 Å². The lowest BCUT2D eigenvalue weighted by atomic mass is 9.76. The lowest BCUT2D eigenvalue weighted by molar-refractivity contribution is -0.146. The number of esters is 1. The van der Waals surface area contributed by atoms with Gasteiger partial charge in [0.05, 0.1) is 13.0 Å². The van der Waals surface area contributed by atoms with Gasteiger partial charge in [-0.1, -0.05) is 18.9 Å². The molecule has 0 saturated carbocycles. The topological polar surface area (TPSA) is 43.4 Å². The van der Waals surface area contributed by atoms with E-state index in [4.69, 9.17) is 4.74 Å². The molecule has 3 heteroatoms. The highest BCUT2D eigenvalue weighted by Crippen LogP contribution is 2.32. The Kier molecular flexibility index (Phi) is 4.06. The third-order valence-electron chi connectivity index (χ3n) is 2.93. The van der Waals surface area contributed by atoms with Gasteiger partial charge in [-0.2, -0.15) is 0 Å². The summed E-state index contributed by atoms with van der Waals surface area (Å²) in [4.78, 5) is 23.0. The van der Waals surface area contributed by atoms with E-state index in [9.17, 15) is 9.59 Å². The molecule has 2 atom stereocenters. The number of carbonyl (C=O) groups is 2. The molecule has 0 spiro atoms. The molecule has 0 aromatic rings. The molecule has 84 valence electrons. The molecule has 0 heterocycles. The molecular formula is C12H18O3. The van der Waals surface area contributed by atoms with Gasteiger partial charge in [0, 0.05) is 6.42 Å². The Bertz CT molecular complexity index is 291. The third kappa shape index (κ3) is 2.67. The van der Waals surface area contributed by atoms with Gasteiger partial charge >= 0.3 is 5.97 Å². The molecular weight excluding hydrogens is 192 g/mol. The Labute approximate surface area is 90.5 Å². The molecule has 2 unspecified atom stereocenters. The average molecular weight is 210 g/mol. The van der Waals surface area contributed by atoms with Crippen LogP contribution in [-0.2, 0) is 14.3 Å². The molecule has 0 aromatic carbocycles. The van der Waals surface area contributed by atoms with Crippen LogP contribution in [0.15, 0.2) is 11.6 Å². The fourth-order valence-electron chi connectivity index (χ4n) is 2.30. The van der Waals surface area contributed by atoms with E-state index >= 15 is 0 Å². The van der Waals surface area contributed by atoms with Crippen molar-refractivity contribution in [2.24, 2.45) is 11.8 Å². The number of methoxy groups -OCH3 is 1. The number of hydrogen-bond acceptors (Lipinski definition) is 3. The van der Waals surface area contributed by atoms with Crippen LogP contribution in [0.25, 0.3) is 0 Å². The SMILES string of the molecule is CCCC1CC(=O)C=C(C)C1C(=O)OC. The van der Waals surface area contributed by atoms with Crippen LogP contribution in [0.5, 0.6) is 0 Å². The normalized spacial score (nSPS) is 26.1. The van der Waals surface area contributed by atoms with Crippen LogP contribution in [0, 0.1) is 11.8 Å². The summed E-state index contributed by atoms with van der Waals surface area (Å²) in [6.07, 6.45) is 3.94. The molecule has 0 radical (unpaired) electrons. The third-order valence-corrected chi connectivity index (χ3v) is 2.93. The Balaban J connectivity index is 2.90. The van der Waals surface area contributed by atoms with E-state index in [0.29, 0.717) is 6.42 Å². The maximum Gasteiger partial charge on any atom is 0.313 e. The highest BCUT2D eigenvalue weighted by molar-refractivity contribution is 5.94. The predicted octanol–water partition coefficient (Wildman–Crippen LogP) is 2.11. The second-order valence-corrected chi connectivity index (χ2v) is 4.11. The van der Waals surface area contributed by atoms with Crippen molar-refractivity contribution >= 4 is 11.8 Å². The quantitative estimate of drug-likeness (QED) is 0.670. The van der Waals surface area contributed by atoms with E-state index < -0.39 is 0 Å². The largest absolute Gasteiger partial charge is 0.469 e. The summed E-state index contributed by atoms with van der Waals surface area (Å²) in [5, 5.41) is 0. The molecule has 1 rings (SSSR count). The van der Waals surface area contributed by atoms with Crippen LogP contribution in [0.4, 0.5) is 0 Å². The van der Waals surface area contributed by atoms with Crippen LogP contribution < -0.4 is 0 Å². The molecule has 0 fully saturated rings. The summed E-state index contributed by atoms with van der Waals surface area (Å²) in [5.41, 5.74) is 0.844. The highest BCUT2D eigenvalue weighted by Gasteiger charge is 2.34. The van der Waals surface area contributed by atoms with Crippen LogP contribution in [0.3, 0.4) is 0 Å². The molecule has 0 aliphatic heterocycles. The molecule has 0 aromatic heterocycles. The van der Waals surface area contributed by atoms with Gasteiger partial charge in [-0.15, -0.1) is 0 Å². The van der Waals surface area contributed by atoms with Crippen molar-refractivity contribution in [2.75, 3.05) is 7.11 Å². The predicted molar refractivity (Wildman–Crippen MR) is 57.3 cm³/mol. The van der Waals surface area contributed by atoms with Crippen molar-refractivity contribution < 1.29 is 14.3 Å². The molecule has 15 heavy (non-hydrogen) atoms.